The second-order valence-electron chi connectivity index (χ2n) is 5.49. The Balaban J connectivity index is 2.05. The van der Waals surface area contributed by atoms with Gasteiger partial charge in [0.05, 0.1) is 6.04 Å². The van der Waals surface area contributed by atoms with Crippen molar-refractivity contribution in [3.8, 4) is 0 Å². The topological polar surface area (TPSA) is 58.2 Å². The number of hydrogen-bond acceptors (Lipinski definition) is 2. The molecule has 1 heterocycles. The van der Waals surface area contributed by atoms with Crippen molar-refractivity contribution in [1.29, 1.82) is 0 Å². The molecule has 2 atom stereocenters. The lowest BCUT2D eigenvalue weighted by atomic mass is 10.00. The monoisotopic (exact) mass is 292 g/mol. The molecular formula is C16H21FN2O2. The van der Waals surface area contributed by atoms with Crippen LogP contribution in [0.2, 0.25) is 0 Å². The predicted octanol–water partition coefficient (Wildman–Crippen LogP) is 2.37. The van der Waals surface area contributed by atoms with E-state index in [4.69, 9.17) is 0 Å². The molecule has 0 aliphatic carbocycles. The van der Waals surface area contributed by atoms with E-state index in [0.29, 0.717) is 24.8 Å². The molecule has 1 aromatic carbocycles. The lowest BCUT2D eigenvalue weighted by molar-refractivity contribution is -0.131. The van der Waals surface area contributed by atoms with Crippen LogP contribution in [-0.4, -0.2) is 17.9 Å². The van der Waals surface area contributed by atoms with Gasteiger partial charge in [-0.15, -0.1) is 0 Å². The van der Waals surface area contributed by atoms with Crippen LogP contribution in [0.4, 0.5) is 4.39 Å². The molecule has 2 rings (SSSR count). The zero-order chi connectivity index (χ0) is 15.4. The molecule has 1 aromatic rings. The van der Waals surface area contributed by atoms with Gasteiger partial charge < -0.3 is 10.6 Å². The number of amides is 2. The van der Waals surface area contributed by atoms with Crippen LogP contribution in [0.25, 0.3) is 0 Å². The molecule has 1 aliphatic heterocycles. The maximum atomic E-state index is 13.6. The smallest absolute Gasteiger partial charge is 0.243 e. The standard InChI is InChI=1S/C16H21FN2O2/c1-3-13(11-8-7-10(2)12(17)9-11)19-16(21)14-5-4-6-15(20)18-14/h7-9,13-14H,3-6H2,1-2H3,(H,18,20)(H,19,21)/t13-,14+/m0/s1. The minimum atomic E-state index is -0.476. The molecule has 0 radical (unpaired) electrons. The van der Waals surface area contributed by atoms with Crippen LogP contribution in [0.1, 0.15) is 49.8 Å². The lowest BCUT2D eigenvalue weighted by Crippen LogP contribution is -2.49. The Morgan fingerprint density at radius 1 is 1.52 bits per heavy atom. The van der Waals surface area contributed by atoms with Crippen molar-refractivity contribution in [2.75, 3.05) is 0 Å². The van der Waals surface area contributed by atoms with Gasteiger partial charge in [0.25, 0.3) is 0 Å². The Morgan fingerprint density at radius 3 is 2.90 bits per heavy atom. The fourth-order valence-electron chi connectivity index (χ4n) is 2.52. The molecule has 21 heavy (non-hydrogen) atoms. The van der Waals surface area contributed by atoms with Crippen LogP contribution in [0, 0.1) is 12.7 Å². The summed E-state index contributed by atoms with van der Waals surface area (Å²) < 4.78 is 13.6. The number of halogens is 1. The highest BCUT2D eigenvalue weighted by molar-refractivity contribution is 5.88. The van der Waals surface area contributed by atoms with Crippen LogP contribution < -0.4 is 10.6 Å². The molecule has 2 N–H and O–H groups in total. The number of carbonyl (C=O) groups excluding carboxylic acids is 2. The normalized spacial score (nSPS) is 19.8. The third-order valence-corrected chi connectivity index (χ3v) is 3.87. The van der Waals surface area contributed by atoms with Gasteiger partial charge in [-0.2, -0.15) is 0 Å². The number of rotatable bonds is 4. The van der Waals surface area contributed by atoms with Gasteiger partial charge in [0, 0.05) is 6.42 Å². The summed E-state index contributed by atoms with van der Waals surface area (Å²) >= 11 is 0. The maximum Gasteiger partial charge on any atom is 0.243 e. The van der Waals surface area contributed by atoms with Crippen molar-refractivity contribution in [3.63, 3.8) is 0 Å². The Labute approximate surface area is 124 Å². The predicted molar refractivity (Wildman–Crippen MR) is 78.1 cm³/mol. The zero-order valence-corrected chi connectivity index (χ0v) is 12.4. The Kier molecular flexibility index (Phi) is 4.94. The molecule has 1 saturated heterocycles. The highest BCUT2D eigenvalue weighted by Crippen LogP contribution is 2.20. The lowest BCUT2D eigenvalue weighted by Gasteiger charge is -2.25. The van der Waals surface area contributed by atoms with Gasteiger partial charge in [-0.1, -0.05) is 19.1 Å². The molecule has 0 saturated carbocycles. The van der Waals surface area contributed by atoms with Gasteiger partial charge >= 0.3 is 0 Å². The van der Waals surface area contributed by atoms with Crippen molar-refractivity contribution in [3.05, 3.63) is 35.1 Å². The van der Waals surface area contributed by atoms with E-state index in [1.54, 1.807) is 13.0 Å². The van der Waals surface area contributed by atoms with E-state index < -0.39 is 6.04 Å². The SMILES string of the molecule is CC[C@H](NC(=O)[C@H]1CCCC(=O)N1)c1ccc(C)c(F)c1. The first-order valence-corrected chi connectivity index (χ1v) is 7.37. The van der Waals surface area contributed by atoms with Gasteiger partial charge in [0.2, 0.25) is 11.8 Å². The first-order chi connectivity index (χ1) is 10.0. The summed E-state index contributed by atoms with van der Waals surface area (Å²) in [5.41, 5.74) is 1.33. The van der Waals surface area contributed by atoms with Crippen molar-refractivity contribution >= 4 is 11.8 Å². The van der Waals surface area contributed by atoms with Crippen LogP contribution in [0.3, 0.4) is 0 Å². The summed E-state index contributed by atoms with van der Waals surface area (Å²) in [7, 11) is 0. The number of nitrogens with one attached hydrogen (secondary N) is 2. The average molecular weight is 292 g/mol. The summed E-state index contributed by atoms with van der Waals surface area (Å²) in [6.07, 6.45) is 2.51. The Morgan fingerprint density at radius 2 is 2.29 bits per heavy atom. The molecule has 114 valence electrons. The molecule has 5 heteroatoms. The molecule has 0 aromatic heterocycles. The largest absolute Gasteiger partial charge is 0.348 e. The fraction of sp³-hybridized carbons (Fsp3) is 0.500. The number of aryl methyl sites for hydroxylation is 1. The van der Waals surface area contributed by atoms with Crippen LogP contribution in [0.5, 0.6) is 0 Å². The maximum absolute atomic E-state index is 13.6. The van der Waals surface area contributed by atoms with Crippen LogP contribution in [-0.2, 0) is 9.59 Å². The first-order valence-electron chi connectivity index (χ1n) is 7.37. The van der Waals surface area contributed by atoms with E-state index in [9.17, 15) is 14.0 Å². The summed E-state index contributed by atoms with van der Waals surface area (Å²) in [4.78, 5) is 23.6. The molecule has 4 nitrogen and oxygen atoms in total. The molecular weight excluding hydrogens is 271 g/mol. The van der Waals surface area contributed by atoms with Crippen molar-refractivity contribution < 1.29 is 14.0 Å². The summed E-state index contributed by atoms with van der Waals surface area (Å²) in [6.45, 7) is 3.64. The minimum Gasteiger partial charge on any atom is -0.348 e. The number of carbonyl (C=O) groups is 2. The second kappa shape index (κ2) is 6.70. The summed E-state index contributed by atoms with van der Waals surface area (Å²) in [6, 6.07) is 4.28. The van der Waals surface area contributed by atoms with Gasteiger partial charge in [-0.25, -0.2) is 4.39 Å². The van der Waals surface area contributed by atoms with Crippen molar-refractivity contribution in [1.82, 2.24) is 10.6 Å². The summed E-state index contributed by atoms with van der Waals surface area (Å²) in [5.74, 6) is -0.558. The number of piperidine rings is 1. The van der Waals surface area contributed by atoms with Crippen molar-refractivity contribution in [2.24, 2.45) is 0 Å². The van der Waals surface area contributed by atoms with E-state index in [1.807, 2.05) is 13.0 Å². The highest BCUT2D eigenvalue weighted by Gasteiger charge is 2.26. The van der Waals surface area contributed by atoms with E-state index in [0.717, 1.165) is 12.0 Å². The van der Waals surface area contributed by atoms with E-state index in [2.05, 4.69) is 10.6 Å². The third kappa shape index (κ3) is 3.80. The number of benzene rings is 1. The third-order valence-electron chi connectivity index (χ3n) is 3.87. The average Bonchev–Trinajstić information content (AvgIpc) is 2.47. The molecule has 0 spiro atoms. The molecule has 1 aliphatic rings. The van der Waals surface area contributed by atoms with Gasteiger partial charge in [0.15, 0.2) is 0 Å². The molecule has 0 bridgehead atoms. The van der Waals surface area contributed by atoms with Gasteiger partial charge in [0.1, 0.15) is 11.9 Å². The molecule has 1 fully saturated rings. The quantitative estimate of drug-likeness (QED) is 0.895. The Bertz CT molecular complexity index is 545. The summed E-state index contributed by atoms with van der Waals surface area (Å²) in [5, 5.41) is 5.59. The van der Waals surface area contributed by atoms with E-state index in [-0.39, 0.29) is 23.7 Å². The second-order valence-corrected chi connectivity index (χ2v) is 5.49. The van der Waals surface area contributed by atoms with Gasteiger partial charge in [-0.05, 0) is 43.4 Å². The zero-order valence-electron chi connectivity index (χ0n) is 12.4. The van der Waals surface area contributed by atoms with E-state index in [1.165, 1.54) is 6.07 Å². The first kappa shape index (κ1) is 15.5. The number of hydrogen-bond donors (Lipinski definition) is 2. The Hall–Kier alpha value is -1.91. The van der Waals surface area contributed by atoms with Crippen LogP contribution >= 0.6 is 0 Å². The van der Waals surface area contributed by atoms with Crippen molar-refractivity contribution in [2.45, 2.75) is 51.6 Å². The van der Waals surface area contributed by atoms with Crippen LogP contribution in [0.15, 0.2) is 18.2 Å². The van der Waals surface area contributed by atoms with E-state index >= 15 is 0 Å². The fourth-order valence-corrected chi connectivity index (χ4v) is 2.52. The minimum absolute atomic E-state index is 0.0872. The highest BCUT2D eigenvalue weighted by atomic mass is 19.1. The molecule has 2 amide bonds. The molecule has 0 unspecified atom stereocenters. The van der Waals surface area contributed by atoms with Gasteiger partial charge in [-0.3, -0.25) is 9.59 Å².